The Balaban J connectivity index is 2.10. The maximum absolute atomic E-state index is 5.99. The molecule has 0 aliphatic rings. The first-order chi connectivity index (χ1) is 7.66. The summed E-state index contributed by atoms with van der Waals surface area (Å²) in [5.41, 5.74) is 7.06. The molecule has 0 aliphatic heterocycles. The zero-order valence-electron chi connectivity index (χ0n) is 8.70. The molecule has 3 N–H and O–H groups in total. The molecule has 2 aromatic rings. The Bertz CT molecular complexity index is 477. The molecular weight excluding hydrogens is 228 g/mol. The van der Waals surface area contributed by atoms with Gasteiger partial charge in [-0.1, -0.05) is 22.8 Å². The Labute approximate surface area is 97.6 Å². The summed E-state index contributed by atoms with van der Waals surface area (Å²) in [5.74, 6) is 1.10. The molecule has 1 aromatic heterocycles. The summed E-state index contributed by atoms with van der Waals surface area (Å²) in [6.07, 6.45) is 0. The van der Waals surface area contributed by atoms with E-state index in [2.05, 4.69) is 15.5 Å². The van der Waals surface area contributed by atoms with Crippen LogP contribution in [-0.4, -0.2) is 10.1 Å². The number of halogens is 1. The monoisotopic (exact) mass is 238 g/mol. The van der Waals surface area contributed by atoms with Gasteiger partial charge < -0.3 is 15.6 Å². The minimum absolute atomic E-state index is 0.422. The predicted molar refractivity (Wildman–Crippen MR) is 62.2 cm³/mol. The van der Waals surface area contributed by atoms with Crippen LogP contribution in [-0.2, 0) is 6.54 Å². The second-order valence-corrected chi connectivity index (χ2v) is 3.69. The number of nitrogens with two attached hydrogens (primary N) is 1. The van der Waals surface area contributed by atoms with Crippen LogP contribution in [0.15, 0.2) is 22.7 Å². The number of aryl methyl sites for hydroxylation is 1. The van der Waals surface area contributed by atoms with E-state index in [1.54, 1.807) is 25.1 Å². The highest BCUT2D eigenvalue weighted by Gasteiger charge is 2.06. The van der Waals surface area contributed by atoms with Crippen LogP contribution in [0.25, 0.3) is 0 Å². The van der Waals surface area contributed by atoms with Gasteiger partial charge >= 0.3 is 0 Å². The van der Waals surface area contributed by atoms with Gasteiger partial charge in [0.15, 0.2) is 5.82 Å². The van der Waals surface area contributed by atoms with E-state index < -0.39 is 0 Å². The fourth-order valence-corrected chi connectivity index (χ4v) is 1.56. The molecule has 0 amide bonds. The molecule has 0 spiro atoms. The minimum Gasteiger partial charge on any atom is -0.397 e. The molecule has 1 aromatic carbocycles. The fourth-order valence-electron chi connectivity index (χ4n) is 1.31. The highest BCUT2D eigenvalue weighted by Crippen LogP contribution is 2.27. The second-order valence-electron chi connectivity index (χ2n) is 3.29. The van der Waals surface area contributed by atoms with Crippen LogP contribution >= 0.6 is 11.6 Å². The zero-order valence-corrected chi connectivity index (χ0v) is 9.45. The maximum atomic E-state index is 5.99. The van der Waals surface area contributed by atoms with E-state index in [-0.39, 0.29) is 0 Å². The first kappa shape index (κ1) is 10.8. The third-order valence-electron chi connectivity index (χ3n) is 2.04. The first-order valence-corrected chi connectivity index (χ1v) is 5.11. The molecule has 0 atom stereocenters. The number of benzene rings is 1. The number of aromatic nitrogens is 2. The second kappa shape index (κ2) is 4.40. The lowest BCUT2D eigenvalue weighted by Gasteiger charge is -2.08. The average Bonchev–Trinajstić information content (AvgIpc) is 2.63. The highest BCUT2D eigenvalue weighted by molar-refractivity contribution is 6.33. The number of hydrogen-bond donors (Lipinski definition) is 2. The van der Waals surface area contributed by atoms with Crippen molar-refractivity contribution in [3.8, 4) is 0 Å². The highest BCUT2D eigenvalue weighted by atomic mass is 35.5. The molecule has 0 unspecified atom stereocenters. The van der Waals surface area contributed by atoms with E-state index in [4.69, 9.17) is 21.9 Å². The Morgan fingerprint density at radius 1 is 1.50 bits per heavy atom. The molecule has 0 saturated carbocycles. The molecule has 0 radical (unpaired) electrons. The van der Waals surface area contributed by atoms with Crippen molar-refractivity contribution in [2.45, 2.75) is 13.5 Å². The number of rotatable bonds is 3. The summed E-state index contributed by atoms with van der Waals surface area (Å²) >= 11 is 5.99. The quantitative estimate of drug-likeness (QED) is 0.802. The number of anilines is 2. The summed E-state index contributed by atoms with van der Waals surface area (Å²) in [4.78, 5) is 4.06. The Kier molecular flexibility index (Phi) is 2.96. The van der Waals surface area contributed by atoms with E-state index in [1.165, 1.54) is 0 Å². The summed E-state index contributed by atoms with van der Waals surface area (Å²) in [6.45, 7) is 2.16. The molecule has 5 nitrogen and oxygen atoms in total. The number of nitrogen functional groups attached to an aromatic ring is 1. The molecule has 84 valence electrons. The number of nitrogens with zero attached hydrogens (tertiary/aromatic N) is 2. The van der Waals surface area contributed by atoms with E-state index in [0.29, 0.717) is 34.7 Å². The SMILES string of the molecule is Cc1nc(CNc2c(N)cccc2Cl)no1. The van der Waals surface area contributed by atoms with Crippen LogP contribution in [0, 0.1) is 6.92 Å². The van der Waals surface area contributed by atoms with Crippen molar-refractivity contribution in [3.63, 3.8) is 0 Å². The van der Waals surface area contributed by atoms with Crippen molar-refractivity contribution in [2.24, 2.45) is 0 Å². The smallest absolute Gasteiger partial charge is 0.223 e. The lowest BCUT2D eigenvalue weighted by atomic mass is 10.2. The molecule has 0 bridgehead atoms. The van der Waals surface area contributed by atoms with Crippen molar-refractivity contribution in [1.29, 1.82) is 0 Å². The summed E-state index contributed by atoms with van der Waals surface area (Å²) in [6, 6.07) is 5.33. The zero-order chi connectivity index (χ0) is 11.5. The van der Waals surface area contributed by atoms with E-state index in [0.717, 1.165) is 0 Å². The van der Waals surface area contributed by atoms with Gasteiger partial charge in [0.1, 0.15) is 0 Å². The molecule has 0 fully saturated rings. The van der Waals surface area contributed by atoms with Crippen molar-refractivity contribution < 1.29 is 4.52 Å². The van der Waals surface area contributed by atoms with Gasteiger partial charge in [0.2, 0.25) is 5.89 Å². The molecule has 0 saturated heterocycles. The van der Waals surface area contributed by atoms with Gasteiger partial charge in [-0.25, -0.2) is 0 Å². The average molecular weight is 239 g/mol. The van der Waals surface area contributed by atoms with Gasteiger partial charge in [-0.2, -0.15) is 4.98 Å². The van der Waals surface area contributed by atoms with Crippen molar-refractivity contribution in [1.82, 2.24) is 10.1 Å². The van der Waals surface area contributed by atoms with Gasteiger partial charge in [-0.3, -0.25) is 0 Å². The Morgan fingerprint density at radius 3 is 2.94 bits per heavy atom. The summed E-state index contributed by atoms with van der Waals surface area (Å²) in [7, 11) is 0. The van der Waals surface area contributed by atoms with Crippen LogP contribution in [0.1, 0.15) is 11.7 Å². The molecule has 0 aliphatic carbocycles. The summed E-state index contributed by atoms with van der Waals surface area (Å²) < 4.78 is 4.85. The van der Waals surface area contributed by atoms with Gasteiger partial charge in [0.25, 0.3) is 0 Å². The Morgan fingerprint density at radius 2 is 2.31 bits per heavy atom. The maximum Gasteiger partial charge on any atom is 0.223 e. The van der Waals surface area contributed by atoms with E-state index in [1.807, 2.05) is 0 Å². The molecule has 1 heterocycles. The standard InChI is InChI=1S/C10H11ClN4O/c1-6-14-9(15-16-6)5-13-10-7(11)3-2-4-8(10)12/h2-4,13H,5,12H2,1H3. The van der Waals surface area contributed by atoms with Crippen molar-refractivity contribution in [3.05, 3.63) is 34.9 Å². The Hall–Kier alpha value is -1.75. The molecular formula is C10H11ClN4O. The topological polar surface area (TPSA) is 77.0 Å². The van der Waals surface area contributed by atoms with Crippen molar-refractivity contribution >= 4 is 23.0 Å². The van der Waals surface area contributed by atoms with E-state index >= 15 is 0 Å². The van der Waals surface area contributed by atoms with Crippen LogP contribution in [0.2, 0.25) is 5.02 Å². The van der Waals surface area contributed by atoms with Gasteiger partial charge in [0.05, 0.1) is 22.9 Å². The minimum atomic E-state index is 0.422. The molecule has 2 rings (SSSR count). The van der Waals surface area contributed by atoms with Crippen molar-refractivity contribution in [2.75, 3.05) is 11.1 Å². The number of para-hydroxylation sites is 1. The summed E-state index contributed by atoms with van der Waals surface area (Å²) in [5, 5.41) is 7.40. The van der Waals surface area contributed by atoms with Gasteiger partial charge in [0, 0.05) is 6.92 Å². The van der Waals surface area contributed by atoms with E-state index in [9.17, 15) is 0 Å². The fraction of sp³-hybridized carbons (Fsp3) is 0.200. The number of hydrogen-bond acceptors (Lipinski definition) is 5. The predicted octanol–water partition coefficient (Wildman–Crippen LogP) is 2.23. The lowest BCUT2D eigenvalue weighted by Crippen LogP contribution is -2.04. The lowest BCUT2D eigenvalue weighted by molar-refractivity contribution is 0.388. The third-order valence-corrected chi connectivity index (χ3v) is 2.35. The van der Waals surface area contributed by atoms with Crippen LogP contribution in [0.5, 0.6) is 0 Å². The number of nitrogens with one attached hydrogen (secondary N) is 1. The third kappa shape index (κ3) is 2.25. The largest absolute Gasteiger partial charge is 0.397 e. The molecule has 6 heteroatoms. The van der Waals surface area contributed by atoms with Gasteiger partial charge in [-0.15, -0.1) is 0 Å². The van der Waals surface area contributed by atoms with Gasteiger partial charge in [-0.05, 0) is 12.1 Å². The first-order valence-electron chi connectivity index (χ1n) is 4.74. The van der Waals surface area contributed by atoms with Crippen LogP contribution in [0.4, 0.5) is 11.4 Å². The normalized spacial score (nSPS) is 10.4. The van der Waals surface area contributed by atoms with Crippen LogP contribution < -0.4 is 11.1 Å². The molecule has 16 heavy (non-hydrogen) atoms. The van der Waals surface area contributed by atoms with Crippen LogP contribution in [0.3, 0.4) is 0 Å².